The molecule has 2 aromatic rings. The number of rotatable bonds is 4. The molecule has 29 heavy (non-hydrogen) atoms. The molecule has 0 spiro atoms. The molecule has 4 rings (SSSR count). The van der Waals surface area contributed by atoms with Crippen molar-refractivity contribution in [1.29, 1.82) is 0 Å². The number of aromatic nitrogens is 2. The van der Waals surface area contributed by atoms with Gasteiger partial charge >= 0.3 is 0 Å². The van der Waals surface area contributed by atoms with Crippen molar-refractivity contribution in [2.75, 3.05) is 50.7 Å². The van der Waals surface area contributed by atoms with Gasteiger partial charge in [-0.15, -0.1) is 0 Å². The van der Waals surface area contributed by atoms with E-state index in [9.17, 15) is 15.0 Å². The Balaban J connectivity index is 1.37. The number of hydrogen-bond acceptors (Lipinski definition) is 7. The first-order chi connectivity index (χ1) is 14.0. The molecule has 3 heterocycles. The molecule has 0 bridgehead atoms. The zero-order chi connectivity index (χ0) is 20.3. The number of aliphatic hydroxyl groups excluding tert-OH is 1. The van der Waals surface area contributed by atoms with Crippen LogP contribution in [0.15, 0.2) is 48.8 Å². The predicted octanol–water partition coefficient (Wildman–Crippen LogP) is 0.237. The van der Waals surface area contributed by atoms with Gasteiger partial charge in [-0.1, -0.05) is 18.2 Å². The fourth-order valence-electron chi connectivity index (χ4n) is 4.10. The molecule has 8 heteroatoms. The molecule has 0 radical (unpaired) electrons. The molecule has 0 aliphatic carbocycles. The number of nitrogens with zero attached hydrogens (tertiary/aromatic N) is 5. The summed E-state index contributed by atoms with van der Waals surface area (Å²) < 4.78 is 0. The number of β-amino-alcohol motifs (C(OH)–C–C–N with tert-alkyl or cyclic N) is 1. The van der Waals surface area contributed by atoms with Crippen molar-refractivity contribution >= 4 is 11.9 Å². The summed E-state index contributed by atoms with van der Waals surface area (Å²) >= 11 is 0. The summed E-state index contributed by atoms with van der Waals surface area (Å²) in [6.07, 6.45) is 2.98. The van der Waals surface area contributed by atoms with Crippen molar-refractivity contribution < 1.29 is 15.0 Å². The minimum Gasteiger partial charge on any atom is -0.390 e. The van der Waals surface area contributed by atoms with Crippen LogP contribution in [0, 0.1) is 0 Å². The van der Waals surface area contributed by atoms with Crippen LogP contribution in [-0.2, 0) is 0 Å². The lowest BCUT2D eigenvalue weighted by atomic mass is 9.88. The Bertz CT molecular complexity index is 814. The number of carbonyl (C=O) groups excluding carboxylic acids is 1. The van der Waals surface area contributed by atoms with Gasteiger partial charge in [0.2, 0.25) is 5.95 Å². The van der Waals surface area contributed by atoms with Crippen LogP contribution in [0.5, 0.6) is 0 Å². The van der Waals surface area contributed by atoms with E-state index in [2.05, 4.69) is 19.8 Å². The Morgan fingerprint density at radius 3 is 2.41 bits per heavy atom. The third-order valence-corrected chi connectivity index (χ3v) is 5.77. The largest absolute Gasteiger partial charge is 0.390 e. The van der Waals surface area contributed by atoms with Gasteiger partial charge in [0, 0.05) is 57.2 Å². The molecular weight excluding hydrogens is 370 g/mol. The summed E-state index contributed by atoms with van der Waals surface area (Å²) in [5.74, 6) is 0.602. The van der Waals surface area contributed by atoms with E-state index in [1.165, 1.54) is 0 Å². The molecule has 2 aliphatic rings. The molecule has 0 unspecified atom stereocenters. The van der Waals surface area contributed by atoms with Gasteiger partial charge in [-0.05, 0) is 24.6 Å². The van der Waals surface area contributed by atoms with Crippen LogP contribution < -0.4 is 4.90 Å². The number of benzene rings is 1. The van der Waals surface area contributed by atoms with Crippen molar-refractivity contribution in [3.8, 4) is 0 Å². The number of piperazine rings is 1. The SMILES string of the molecule is O=C(c1ccccc1)N1CC[C@@H](O)[C@](O)(CN2CCN(c3ncccn3)CC2)C1. The monoisotopic (exact) mass is 397 g/mol. The maximum Gasteiger partial charge on any atom is 0.253 e. The van der Waals surface area contributed by atoms with E-state index in [1.807, 2.05) is 18.2 Å². The Kier molecular flexibility index (Phi) is 5.75. The molecular formula is C21H27N5O3. The Morgan fingerprint density at radius 1 is 1.03 bits per heavy atom. The summed E-state index contributed by atoms with van der Waals surface area (Å²) in [6.45, 7) is 3.88. The minimum absolute atomic E-state index is 0.109. The molecule has 2 fully saturated rings. The maximum atomic E-state index is 12.8. The first-order valence-corrected chi connectivity index (χ1v) is 10.0. The quantitative estimate of drug-likeness (QED) is 0.763. The molecule has 1 aromatic carbocycles. The van der Waals surface area contributed by atoms with Gasteiger partial charge in [-0.25, -0.2) is 9.97 Å². The van der Waals surface area contributed by atoms with Crippen LogP contribution in [0.1, 0.15) is 16.8 Å². The first kappa shape index (κ1) is 19.8. The number of hydrogen-bond donors (Lipinski definition) is 2. The van der Waals surface area contributed by atoms with E-state index in [4.69, 9.17) is 0 Å². The van der Waals surface area contributed by atoms with Gasteiger partial charge in [0.25, 0.3) is 5.91 Å². The zero-order valence-electron chi connectivity index (χ0n) is 16.4. The summed E-state index contributed by atoms with van der Waals surface area (Å²) in [5.41, 5.74) is -0.739. The number of carbonyl (C=O) groups is 1. The molecule has 2 saturated heterocycles. The number of anilines is 1. The number of piperidine rings is 1. The Labute approximate surface area is 170 Å². The second-order valence-corrected chi connectivity index (χ2v) is 7.81. The number of aliphatic hydroxyl groups is 2. The topological polar surface area (TPSA) is 93.0 Å². The van der Waals surface area contributed by atoms with Crippen LogP contribution >= 0.6 is 0 Å². The van der Waals surface area contributed by atoms with Crippen LogP contribution in [0.25, 0.3) is 0 Å². The minimum atomic E-state index is -1.34. The average molecular weight is 397 g/mol. The highest BCUT2D eigenvalue weighted by Gasteiger charge is 2.44. The highest BCUT2D eigenvalue weighted by Crippen LogP contribution is 2.25. The van der Waals surface area contributed by atoms with Gasteiger partial charge in [-0.3, -0.25) is 9.69 Å². The molecule has 2 N–H and O–H groups in total. The van der Waals surface area contributed by atoms with Crippen LogP contribution in [0.3, 0.4) is 0 Å². The van der Waals surface area contributed by atoms with E-state index >= 15 is 0 Å². The third-order valence-electron chi connectivity index (χ3n) is 5.77. The van der Waals surface area contributed by atoms with Crippen LogP contribution in [0.4, 0.5) is 5.95 Å². The smallest absolute Gasteiger partial charge is 0.253 e. The standard InChI is InChI=1S/C21H27N5O3/c27-18-7-10-26(19(28)17-5-2-1-3-6-17)16-21(18,29)15-24-11-13-25(14-12-24)20-22-8-4-9-23-20/h1-6,8-9,18,27,29H,7,10-16H2/t18-,21+/m1/s1. The van der Waals surface area contributed by atoms with Crippen molar-refractivity contribution in [2.45, 2.75) is 18.1 Å². The normalized spacial score (nSPS) is 25.8. The highest BCUT2D eigenvalue weighted by atomic mass is 16.3. The maximum absolute atomic E-state index is 12.8. The van der Waals surface area contributed by atoms with E-state index in [-0.39, 0.29) is 12.5 Å². The predicted molar refractivity (Wildman–Crippen MR) is 109 cm³/mol. The zero-order valence-corrected chi connectivity index (χ0v) is 16.4. The highest BCUT2D eigenvalue weighted by molar-refractivity contribution is 5.94. The van der Waals surface area contributed by atoms with E-state index in [0.29, 0.717) is 31.0 Å². The summed E-state index contributed by atoms with van der Waals surface area (Å²) in [4.78, 5) is 27.3. The summed E-state index contributed by atoms with van der Waals surface area (Å²) in [5, 5.41) is 21.7. The molecule has 1 aromatic heterocycles. The van der Waals surface area contributed by atoms with Gasteiger partial charge < -0.3 is 20.0 Å². The van der Waals surface area contributed by atoms with E-state index < -0.39 is 11.7 Å². The fourth-order valence-corrected chi connectivity index (χ4v) is 4.10. The first-order valence-electron chi connectivity index (χ1n) is 10.0. The lowest BCUT2D eigenvalue weighted by molar-refractivity contribution is -0.127. The summed E-state index contributed by atoms with van der Waals surface area (Å²) in [6, 6.07) is 10.9. The fraction of sp³-hybridized carbons (Fsp3) is 0.476. The van der Waals surface area contributed by atoms with Crippen LogP contribution in [-0.4, -0.2) is 93.4 Å². The van der Waals surface area contributed by atoms with Crippen molar-refractivity contribution in [3.63, 3.8) is 0 Å². The molecule has 8 nitrogen and oxygen atoms in total. The lowest BCUT2D eigenvalue weighted by Crippen LogP contribution is -2.64. The van der Waals surface area contributed by atoms with Gasteiger partial charge in [0.1, 0.15) is 5.60 Å². The number of amides is 1. The summed E-state index contributed by atoms with van der Waals surface area (Å²) in [7, 11) is 0. The molecule has 154 valence electrons. The Hall–Kier alpha value is -2.55. The van der Waals surface area contributed by atoms with E-state index in [0.717, 1.165) is 26.2 Å². The van der Waals surface area contributed by atoms with E-state index in [1.54, 1.807) is 35.5 Å². The second kappa shape index (κ2) is 8.44. The molecule has 1 amide bonds. The van der Waals surface area contributed by atoms with Crippen molar-refractivity contribution in [2.24, 2.45) is 0 Å². The van der Waals surface area contributed by atoms with Gasteiger partial charge in [0.15, 0.2) is 0 Å². The van der Waals surface area contributed by atoms with Crippen LogP contribution in [0.2, 0.25) is 0 Å². The van der Waals surface area contributed by atoms with Gasteiger partial charge in [-0.2, -0.15) is 0 Å². The Morgan fingerprint density at radius 2 is 1.72 bits per heavy atom. The molecule has 2 atom stereocenters. The number of likely N-dealkylation sites (tertiary alicyclic amines) is 1. The van der Waals surface area contributed by atoms with Crippen molar-refractivity contribution in [1.82, 2.24) is 19.8 Å². The molecule has 0 saturated carbocycles. The third kappa shape index (κ3) is 4.39. The van der Waals surface area contributed by atoms with Gasteiger partial charge in [0.05, 0.1) is 12.6 Å². The lowest BCUT2D eigenvalue weighted by Gasteiger charge is -2.46. The van der Waals surface area contributed by atoms with Crippen molar-refractivity contribution in [3.05, 3.63) is 54.4 Å². The molecule has 2 aliphatic heterocycles. The second-order valence-electron chi connectivity index (χ2n) is 7.81. The average Bonchev–Trinajstić information content (AvgIpc) is 2.77.